The van der Waals surface area contributed by atoms with Crippen molar-refractivity contribution in [1.82, 2.24) is 14.4 Å². The minimum absolute atomic E-state index is 0.124. The monoisotopic (exact) mass is 440 g/mol. The van der Waals surface area contributed by atoms with Gasteiger partial charge >= 0.3 is 0 Å². The highest BCUT2D eigenvalue weighted by atomic mass is 127. The number of fused-ring (bicyclic) bond motifs is 1. The number of carbonyl (C=O) groups excluding carboxylic acids is 1. The first-order valence-electron chi connectivity index (χ1n) is 7.66. The maximum atomic E-state index is 12.3. The van der Waals surface area contributed by atoms with E-state index >= 15 is 0 Å². The van der Waals surface area contributed by atoms with E-state index in [9.17, 15) is 4.79 Å². The lowest BCUT2D eigenvalue weighted by Crippen LogP contribution is -2.11. The Bertz CT molecular complexity index is 1010. The summed E-state index contributed by atoms with van der Waals surface area (Å²) in [5.41, 5.74) is 3.19. The van der Waals surface area contributed by atoms with Crippen molar-refractivity contribution >= 4 is 40.0 Å². The van der Waals surface area contributed by atoms with Crippen LogP contribution in [0.15, 0.2) is 73.2 Å². The topological polar surface area (TPSA) is 59.3 Å². The van der Waals surface area contributed by atoms with Crippen LogP contribution in [0.5, 0.6) is 0 Å². The fourth-order valence-electron chi connectivity index (χ4n) is 2.50. The second kappa shape index (κ2) is 6.64. The van der Waals surface area contributed by atoms with Gasteiger partial charge in [-0.3, -0.25) is 9.20 Å². The molecule has 122 valence electrons. The molecule has 1 amide bonds. The third-order valence-corrected chi connectivity index (χ3v) is 4.50. The lowest BCUT2D eigenvalue weighted by Gasteiger charge is -2.06. The van der Waals surface area contributed by atoms with E-state index in [4.69, 9.17) is 0 Å². The molecule has 0 saturated heterocycles. The number of hydrogen-bond acceptors (Lipinski definition) is 3. The van der Waals surface area contributed by atoms with Crippen molar-refractivity contribution in [1.29, 1.82) is 0 Å². The van der Waals surface area contributed by atoms with Gasteiger partial charge in [0.05, 0.1) is 5.69 Å². The number of rotatable bonds is 3. The van der Waals surface area contributed by atoms with Crippen LogP contribution >= 0.6 is 22.6 Å². The highest BCUT2D eigenvalue weighted by Gasteiger charge is 2.08. The predicted molar refractivity (Wildman–Crippen MR) is 106 cm³/mol. The summed E-state index contributed by atoms with van der Waals surface area (Å²) < 4.78 is 2.97. The van der Waals surface area contributed by atoms with Crippen molar-refractivity contribution in [2.75, 3.05) is 5.32 Å². The largest absolute Gasteiger partial charge is 0.322 e. The zero-order valence-electron chi connectivity index (χ0n) is 13.1. The number of imidazole rings is 1. The molecule has 5 nitrogen and oxygen atoms in total. The Morgan fingerprint density at radius 1 is 1.04 bits per heavy atom. The maximum absolute atomic E-state index is 12.3. The molecule has 0 fully saturated rings. The lowest BCUT2D eigenvalue weighted by atomic mass is 10.1. The summed E-state index contributed by atoms with van der Waals surface area (Å²) in [6.45, 7) is 0. The first kappa shape index (κ1) is 15.8. The second-order valence-corrected chi connectivity index (χ2v) is 6.74. The van der Waals surface area contributed by atoms with Crippen molar-refractivity contribution in [2.45, 2.75) is 0 Å². The van der Waals surface area contributed by atoms with Crippen molar-refractivity contribution in [2.24, 2.45) is 0 Å². The highest BCUT2D eigenvalue weighted by molar-refractivity contribution is 14.1. The summed E-state index contributed by atoms with van der Waals surface area (Å²) in [5.74, 6) is 0.537. The van der Waals surface area contributed by atoms with Crippen molar-refractivity contribution in [3.63, 3.8) is 0 Å². The molecule has 4 rings (SSSR count). The molecule has 1 N–H and O–H groups in total. The zero-order valence-corrected chi connectivity index (χ0v) is 15.2. The molecule has 2 heterocycles. The van der Waals surface area contributed by atoms with Crippen LogP contribution < -0.4 is 5.32 Å². The molecular weight excluding hydrogens is 427 g/mol. The first-order chi connectivity index (χ1) is 12.2. The fourth-order valence-corrected chi connectivity index (χ4v) is 2.86. The van der Waals surface area contributed by atoms with E-state index in [1.165, 1.54) is 0 Å². The Labute approximate surface area is 157 Å². The number of anilines is 1. The molecule has 0 bridgehead atoms. The number of hydrogen-bond donors (Lipinski definition) is 1. The van der Waals surface area contributed by atoms with Gasteiger partial charge in [-0.25, -0.2) is 9.97 Å². The molecule has 0 spiro atoms. The van der Waals surface area contributed by atoms with Gasteiger partial charge in [0.25, 0.3) is 5.91 Å². The average molecular weight is 440 g/mol. The Hall–Kier alpha value is -2.74. The third-order valence-electron chi connectivity index (χ3n) is 3.78. The number of amides is 1. The molecule has 0 aliphatic carbocycles. The lowest BCUT2D eigenvalue weighted by molar-refractivity contribution is 0.102. The van der Waals surface area contributed by atoms with Gasteiger partial charge in [0.1, 0.15) is 0 Å². The standard InChI is InChI=1S/C19H13IN4O/c20-15-6-2-14(3-7-15)18(25)22-16-8-4-13(5-9-16)17-12-24-11-1-10-21-19(24)23-17/h1-12H,(H,22,25). The SMILES string of the molecule is O=C(Nc1ccc(-c2cn3cccnc3n2)cc1)c1ccc(I)cc1. The summed E-state index contributed by atoms with van der Waals surface area (Å²) in [6, 6.07) is 16.9. The highest BCUT2D eigenvalue weighted by Crippen LogP contribution is 2.21. The Morgan fingerprint density at radius 2 is 1.80 bits per heavy atom. The van der Waals surface area contributed by atoms with E-state index in [1.807, 2.05) is 71.4 Å². The van der Waals surface area contributed by atoms with Crippen LogP contribution in [0.3, 0.4) is 0 Å². The molecule has 0 unspecified atom stereocenters. The summed E-state index contributed by atoms with van der Waals surface area (Å²) in [6.07, 6.45) is 5.56. The maximum Gasteiger partial charge on any atom is 0.255 e. The average Bonchev–Trinajstić information content (AvgIpc) is 3.07. The Kier molecular flexibility index (Phi) is 4.19. The van der Waals surface area contributed by atoms with Gasteiger partial charge < -0.3 is 5.32 Å². The van der Waals surface area contributed by atoms with Crippen LogP contribution in [0.2, 0.25) is 0 Å². The zero-order chi connectivity index (χ0) is 17.2. The van der Waals surface area contributed by atoms with E-state index in [0.717, 1.165) is 20.5 Å². The van der Waals surface area contributed by atoms with Crippen LogP contribution in [0, 0.1) is 3.57 Å². The van der Waals surface area contributed by atoms with E-state index in [-0.39, 0.29) is 5.91 Å². The van der Waals surface area contributed by atoms with Crippen LogP contribution in [0.25, 0.3) is 17.0 Å². The molecule has 6 heteroatoms. The molecule has 0 saturated carbocycles. The van der Waals surface area contributed by atoms with Crippen LogP contribution in [-0.4, -0.2) is 20.3 Å². The number of halogens is 1. The van der Waals surface area contributed by atoms with E-state index in [1.54, 1.807) is 6.20 Å². The molecule has 0 aliphatic heterocycles. The number of benzene rings is 2. The van der Waals surface area contributed by atoms with Gasteiger partial charge in [0.15, 0.2) is 0 Å². The van der Waals surface area contributed by atoms with Crippen molar-refractivity contribution in [3.05, 3.63) is 82.3 Å². The number of carbonyl (C=O) groups is 1. The second-order valence-electron chi connectivity index (χ2n) is 5.49. The summed E-state index contributed by atoms with van der Waals surface area (Å²) in [5, 5.41) is 2.90. The van der Waals surface area contributed by atoms with Crippen LogP contribution in [-0.2, 0) is 0 Å². The van der Waals surface area contributed by atoms with Gasteiger partial charge in [-0.2, -0.15) is 0 Å². The summed E-state index contributed by atoms with van der Waals surface area (Å²) >= 11 is 2.21. The molecule has 4 aromatic rings. The minimum Gasteiger partial charge on any atom is -0.322 e. The third kappa shape index (κ3) is 3.39. The van der Waals surface area contributed by atoms with Gasteiger partial charge in [-0.15, -0.1) is 0 Å². The van der Waals surface area contributed by atoms with Gasteiger partial charge in [0, 0.05) is 39.0 Å². The first-order valence-corrected chi connectivity index (χ1v) is 8.74. The Balaban J connectivity index is 1.53. The van der Waals surface area contributed by atoms with Crippen molar-refractivity contribution < 1.29 is 4.79 Å². The van der Waals surface area contributed by atoms with E-state index in [2.05, 4.69) is 37.9 Å². The van der Waals surface area contributed by atoms with Crippen molar-refractivity contribution in [3.8, 4) is 11.3 Å². The molecular formula is C19H13IN4O. The molecule has 2 aromatic carbocycles. The smallest absolute Gasteiger partial charge is 0.255 e. The molecule has 25 heavy (non-hydrogen) atoms. The summed E-state index contributed by atoms with van der Waals surface area (Å²) in [7, 11) is 0. The molecule has 0 aliphatic rings. The molecule has 2 aromatic heterocycles. The number of aromatic nitrogens is 3. The van der Waals surface area contributed by atoms with Gasteiger partial charge in [0.2, 0.25) is 5.78 Å². The fraction of sp³-hybridized carbons (Fsp3) is 0. The van der Waals surface area contributed by atoms with Gasteiger partial charge in [-0.05, 0) is 65.1 Å². The summed E-state index contributed by atoms with van der Waals surface area (Å²) in [4.78, 5) is 21.0. The minimum atomic E-state index is -0.124. The normalized spacial score (nSPS) is 10.8. The predicted octanol–water partition coefficient (Wildman–Crippen LogP) is 4.25. The van der Waals surface area contributed by atoms with E-state index < -0.39 is 0 Å². The molecule has 0 atom stereocenters. The van der Waals surface area contributed by atoms with Crippen LogP contribution in [0.1, 0.15) is 10.4 Å². The Morgan fingerprint density at radius 3 is 2.52 bits per heavy atom. The number of nitrogens with one attached hydrogen (secondary N) is 1. The van der Waals surface area contributed by atoms with Gasteiger partial charge in [-0.1, -0.05) is 12.1 Å². The quantitative estimate of drug-likeness (QED) is 0.485. The number of nitrogens with zero attached hydrogens (tertiary/aromatic N) is 3. The molecule has 0 radical (unpaired) electrons. The van der Waals surface area contributed by atoms with Crippen LogP contribution in [0.4, 0.5) is 5.69 Å². The van der Waals surface area contributed by atoms with E-state index in [0.29, 0.717) is 11.3 Å².